The summed E-state index contributed by atoms with van der Waals surface area (Å²) in [5.41, 5.74) is 2.90. The molecule has 0 aliphatic heterocycles. The van der Waals surface area contributed by atoms with Crippen LogP contribution in [0, 0.1) is 6.92 Å². The Hall–Kier alpha value is -3.00. The van der Waals surface area contributed by atoms with Crippen molar-refractivity contribution in [2.24, 2.45) is 0 Å². The van der Waals surface area contributed by atoms with Crippen LogP contribution in [0.5, 0.6) is 0 Å². The standard InChI is InChI=1S/C19H23N5O3/c1-4-14-5-7-15(8-6-14)16-11-17-19(26)23(21-13(2)24(17)22-16)12-18(25)20-9-10-27-3/h5-8,11H,4,9-10,12H2,1-3H3,(H,20,25). The van der Waals surface area contributed by atoms with E-state index in [2.05, 4.69) is 22.4 Å². The molecule has 0 fully saturated rings. The summed E-state index contributed by atoms with van der Waals surface area (Å²) >= 11 is 0. The van der Waals surface area contributed by atoms with Crippen molar-refractivity contribution in [2.45, 2.75) is 26.8 Å². The van der Waals surface area contributed by atoms with E-state index >= 15 is 0 Å². The van der Waals surface area contributed by atoms with Gasteiger partial charge < -0.3 is 10.1 Å². The number of nitrogens with one attached hydrogen (secondary N) is 1. The fraction of sp³-hybridized carbons (Fsp3) is 0.368. The summed E-state index contributed by atoms with van der Waals surface area (Å²) in [6, 6.07) is 9.81. The Kier molecular flexibility index (Phi) is 5.66. The third-order valence-electron chi connectivity index (χ3n) is 4.31. The van der Waals surface area contributed by atoms with E-state index in [1.807, 2.05) is 24.3 Å². The number of carbonyl (C=O) groups is 1. The lowest BCUT2D eigenvalue weighted by atomic mass is 10.1. The highest BCUT2D eigenvalue weighted by molar-refractivity contribution is 5.75. The first-order valence-corrected chi connectivity index (χ1v) is 8.86. The van der Waals surface area contributed by atoms with E-state index < -0.39 is 0 Å². The van der Waals surface area contributed by atoms with Crippen molar-refractivity contribution < 1.29 is 9.53 Å². The molecule has 0 unspecified atom stereocenters. The van der Waals surface area contributed by atoms with Crippen molar-refractivity contribution in [2.75, 3.05) is 20.3 Å². The Bertz CT molecular complexity index is 1000. The Morgan fingerprint density at radius 3 is 2.63 bits per heavy atom. The van der Waals surface area contributed by atoms with E-state index in [1.54, 1.807) is 20.1 Å². The van der Waals surface area contributed by atoms with Crippen molar-refractivity contribution in [3.05, 3.63) is 52.1 Å². The molecular formula is C19H23N5O3. The Morgan fingerprint density at radius 1 is 1.22 bits per heavy atom. The first-order valence-electron chi connectivity index (χ1n) is 8.86. The minimum absolute atomic E-state index is 0.147. The molecule has 0 saturated heterocycles. The largest absolute Gasteiger partial charge is 0.383 e. The van der Waals surface area contributed by atoms with Gasteiger partial charge in [0.1, 0.15) is 17.9 Å². The monoisotopic (exact) mass is 369 g/mol. The molecule has 3 aromatic rings. The number of nitrogens with zero attached hydrogens (tertiary/aromatic N) is 4. The van der Waals surface area contributed by atoms with Crippen LogP contribution in [-0.4, -0.2) is 45.6 Å². The van der Waals surface area contributed by atoms with Crippen molar-refractivity contribution in [3.63, 3.8) is 0 Å². The summed E-state index contributed by atoms with van der Waals surface area (Å²) in [5.74, 6) is 0.242. The van der Waals surface area contributed by atoms with Gasteiger partial charge >= 0.3 is 0 Å². The predicted octanol–water partition coefficient (Wildman–Crippen LogP) is 1.19. The zero-order valence-corrected chi connectivity index (χ0v) is 15.7. The molecular weight excluding hydrogens is 346 g/mol. The fourth-order valence-corrected chi connectivity index (χ4v) is 2.82. The van der Waals surface area contributed by atoms with Crippen molar-refractivity contribution >= 4 is 11.4 Å². The molecule has 2 aromatic heterocycles. The maximum absolute atomic E-state index is 12.7. The highest BCUT2D eigenvalue weighted by atomic mass is 16.5. The van der Waals surface area contributed by atoms with Gasteiger partial charge in [0.2, 0.25) is 5.91 Å². The molecule has 1 aromatic carbocycles. The number of aryl methyl sites for hydroxylation is 2. The molecule has 142 valence electrons. The maximum atomic E-state index is 12.7. The number of hydrogen-bond acceptors (Lipinski definition) is 5. The number of methoxy groups -OCH3 is 1. The van der Waals surface area contributed by atoms with E-state index in [-0.39, 0.29) is 18.0 Å². The minimum atomic E-state index is -0.355. The minimum Gasteiger partial charge on any atom is -0.383 e. The van der Waals surface area contributed by atoms with Crippen LogP contribution < -0.4 is 10.9 Å². The SMILES string of the molecule is CCc1ccc(-c2cc3c(=O)n(CC(=O)NCCOC)nc(C)n3n2)cc1. The molecule has 0 saturated carbocycles. The van der Waals surface area contributed by atoms with E-state index in [4.69, 9.17) is 4.74 Å². The summed E-state index contributed by atoms with van der Waals surface area (Å²) in [6.07, 6.45) is 0.964. The smallest absolute Gasteiger partial charge is 0.293 e. The van der Waals surface area contributed by atoms with Crippen molar-refractivity contribution in [1.29, 1.82) is 0 Å². The quantitative estimate of drug-likeness (QED) is 0.632. The number of hydrogen-bond donors (Lipinski definition) is 1. The van der Waals surface area contributed by atoms with Gasteiger partial charge in [0, 0.05) is 19.2 Å². The normalized spacial score (nSPS) is 11.1. The topological polar surface area (TPSA) is 90.5 Å². The van der Waals surface area contributed by atoms with Crippen LogP contribution in [0.15, 0.2) is 35.1 Å². The lowest BCUT2D eigenvalue weighted by molar-refractivity contribution is -0.122. The van der Waals surface area contributed by atoms with E-state index in [9.17, 15) is 9.59 Å². The van der Waals surface area contributed by atoms with Gasteiger partial charge in [-0.25, -0.2) is 9.20 Å². The Balaban J connectivity index is 1.92. The summed E-state index contributed by atoms with van der Waals surface area (Å²) in [4.78, 5) is 24.7. The van der Waals surface area contributed by atoms with Crippen LogP contribution >= 0.6 is 0 Å². The maximum Gasteiger partial charge on any atom is 0.293 e. The molecule has 8 nitrogen and oxygen atoms in total. The molecule has 0 aliphatic rings. The fourth-order valence-electron chi connectivity index (χ4n) is 2.82. The van der Waals surface area contributed by atoms with Gasteiger partial charge in [-0.05, 0) is 25.0 Å². The number of rotatable bonds is 7. The zero-order chi connectivity index (χ0) is 19.4. The molecule has 0 bridgehead atoms. The average molecular weight is 369 g/mol. The van der Waals surface area contributed by atoms with Crippen LogP contribution in [0.1, 0.15) is 18.3 Å². The number of ether oxygens (including phenoxy) is 1. The molecule has 0 spiro atoms. The second-order valence-corrected chi connectivity index (χ2v) is 6.23. The van der Waals surface area contributed by atoms with E-state index in [1.165, 1.54) is 14.8 Å². The molecule has 27 heavy (non-hydrogen) atoms. The van der Waals surface area contributed by atoms with Gasteiger partial charge in [-0.15, -0.1) is 0 Å². The molecule has 1 amide bonds. The number of aromatic nitrogens is 4. The lowest BCUT2D eigenvalue weighted by Crippen LogP contribution is -2.36. The molecule has 3 rings (SSSR count). The first kappa shape index (κ1) is 18.8. The summed E-state index contributed by atoms with van der Waals surface area (Å²) in [7, 11) is 1.56. The van der Waals surface area contributed by atoms with E-state index in [0.29, 0.717) is 30.2 Å². The summed E-state index contributed by atoms with van der Waals surface area (Å²) in [5, 5.41) is 11.4. The molecule has 8 heteroatoms. The van der Waals surface area contributed by atoms with Crippen LogP contribution in [0.3, 0.4) is 0 Å². The van der Waals surface area contributed by atoms with Gasteiger partial charge in [-0.2, -0.15) is 10.2 Å². The predicted molar refractivity (Wildman–Crippen MR) is 102 cm³/mol. The number of benzene rings is 1. The highest BCUT2D eigenvalue weighted by Crippen LogP contribution is 2.19. The molecule has 0 radical (unpaired) electrons. The molecule has 0 aliphatic carbocycles. The van der Waals surface area contributed by atoms with Gasteiger partial charge in [0.15, 0.2) is 0 Å². The van der Waals surface area contributed by atoms with Crippen molar-refractivity contribution in [3.8, 4) is 11.3 Å². The molecule has 0 atom stereocenters. The number of fused-ring (bicyclic) bond motifs is 1. The van der Waals surface area contributed by atoms with Crippen LogP contribution in [0.25, 0.3) is 16.8 Å². The van der Waals surface area contributed by atoms with Crippen molar-refractivity contribution in [1.82, 2.24) is 24.7 Å². The Labute approximate surface area is 156 Å². The second kappa shape index (κ2) is 8.13. The van der Waals surface area contributed by atoms with E-state index in [0.717, 1.165) is 12.0 Å². The number of carbonyl (C=O) groups excluding carboxylic acids is 1. The number of amides is 1. The van der Waals surface area contributed by atoms with Crippen LogP contribution in [0.4, 0.5) is 0 Å². The highest BCUT2D eigenvalue weighted by Gasteiger charge is 2.14. The van der Waals surface area contributed by atoms with Gasteiger partial charge in [0.25, 0.3) is 5.56 Å². The molecule has 1 N–H and O–H groups in total. The third-order valence-corrected chi connectivity index (χ3v) is 4.31. The summed E-state index contributed by atoms with van der Waals surface area (Å²) in [6.45, 7) is 4.50. The zero-order valence-electron chi connectivity index (χ0n) is 15.7. The Morgan fingerprint density at radius 2 is 1.96 bits per heavy atom. The lowest BCUT2D eigenvalue weighted by Gasteiger charge is -2.07. The third kappa shape index (κ3) is 4.06. The van der Waals surface area contributed by atoms with Gasteiger partial charge in [-0.1, -0.05) is 31.2 Å². The first-order chi connectivity index (χ1) is 13.0. The van der Waals surface area contributed by atoms with Gasteiger partial charge in [0.05, 0.1) is 12.3 Å². The summed E-state index contributed by atoms with van der Waals surface area (Å²) < 4.78 is 7.58. The average Bonchev–Trinajstić information content (AvgIpc) is 3.12. The molecule has 2 heterocycles. The van der Waals surface area contributed by atoms with Crippen LogP contribution in [-0.2, 0) is 22.5 Å². The second-order valence-electron chi connectivity index (χ2n) is 6.23. The van der Waals surface area contributed by atoms with Crippen LogP contribution in [0.2, 0.25) is 0 Å². The van der Waals surface area contributed by atoms with Gasteiger partial charge in [-0.3, -0.25) is 9.59 Å².